The first-order valence-electron chi connectivity index (χ1n) is 8.76. The van der Waals surface area contributed by atoms with Gasteiger partial charge in [-0.2, -0.15) is 10.3 Å². The number of H-pyrrole nitrogens is 1. The highest BCUT2D eigenvalue weighted by Crippen LogP contribution is 2.34. The Bertz CT molecular complexity index is 899. The van der Waals surface area contributed by atoms with Crippen LogP contribution in [0, 0.1) is 5.41 Å². The molecule has 1 atom stereocenters. The van der Waals surface area contributed by atoms with Gasteiger partial charge in [-0.3, -0.25) is 0 Å². The number of nitrogens with one attached hydrogen (secondary N) is 1. The standard InChI is InChI=1S/C21H22BrN3O2/c1-21(2,3)13-17(14-9-11-16(22)12-10-14)27-20(26)19-18(23-25-24-19)15-7-5-4-6-8-15/h4-12,17H,13H2,1-3H3,(H,23,24,25). The van der Waals surface area contributed by atoms with Gasteiger partial charge in [0.05, 0.1) is 0 Å². The first-order chi connectivity index (χ1) is 12.8. The molecule has 5 nitrogen and oxygen atoms in total. The topological polar surface area (TPSA) is 67.9 Å². The van der Waals surface area contributed by atoms with Gasteiger partial charge in [-0.1, -0.05) is 79.2 Å². The highest BCUT2D eigenvalue weighted by molar-refractivity contribution is 9.10. The van der Waals surface area contributed by atoms with E-state index in [1.54, 1.807) is 0 Å². The Balaban J connectivity index is 1.87. The number of halogens is 1. The molecule has 1 N–H and O–H groups in total. The third kappa shape index (κ3) is 5.04. The summed E-state index contributed by atoms with van der Waals surface area (Å²) in [7, 11) is 0. The number of nitrogens with zero attached hydrogens (tertiary/aromatic N) is 2. The van der Waals surface area contributed by atoms with Gasteiger partial charge in [-0.05, 0) is 29.5 Å². The Morgan fingerprint density at radius 2 is 1.74 bits per heavy atom. The highest BCUT2D eigenvalue weighted by Gasteiger charge is 2.27. The van der Waals surface area contributed by atoms with Crippen LogP contribution >= 0.6 is 15.9 Å². The van der Waals surface area contributed by atoms with Crippen LogP contribution in [-0.2, 0) is 4.74 Å². The summed E-state index contributed by atoms with van der Waals surface area (Å²) in [6, 6.07) is 17.3. The molecule has 0 saturated heterocycles. The quantitative estimate of drug-likeness (QED) is 0.540. The molecule has 0 radical (unpaired) electrons. The fourth-order valence-corrected chi connectivity index (χ4v) is 3.08. The molecule has 0 spiro atoms. The van der Waals surface area contributed by atoms with Gasteiger partial charge in [-0.15, -0.1) is 5.10 Å². The normalized spacial score (nSPS) is 12.6. The Hall–Kier alpha value is -2.47. The molecule has 2 aromatic carbocycles. The fraction of sp³-hybridized carbons (Fsp3) is 0.286. The van der Waals surface area contributed by atoms with Crippen LogP contribution in [0.15, 0.2) is 59.1 Å². The molecule has 0 amide bonds. The summed E-state index contributed by atoms with van der Waals surface area (Å²) in [4.78, 5) is 12.9. The zero-order valence-corrected chi connectivity index (χ0v) is 17.2. The maximum Gasteiger partial charge on any atom is 0.361 e. The van der Waals surface area contributed by atoms with Gasteiger partial charge in [0.2, 0.25) is 0 Å². The van der Waals surface area contributed by atoms with Crippen LogP contribution in [0.2, 0.25) is 0 Å². The van der Waals surface area contributed by atoms with Crippen molar-refractivity contribution in [2.75, 3.05) is 0 Å². The molecule has 0 saturated carbocycles. The number of hydrogen-bond donors (Lipinski definition) is 1. The molecular formula is C21H22BrN3O2. The van der Waals surface area contributed by atoms with Crippen molar-refractivity contribution in [2.45, 2.75) is 33.3 Å². The first kappa shape index (κ1) is 19.3. The van der Waals surface area contributed by atoms with Crippen molar-refractivity contribution >= 4 is 21.9 Å². The number of benzene rings is 2. The number of hydrogen-bond acceptors (Lipinski definition) is 4. The molecule has 0 aliphatic heterocycles. The van der Waals surface area contributed by atoms with E-state index in [4.69, 9.17) is 4.74 Å². The van der Waals surface area contributed by atoms with E-state index in [1.807, 2.05) is 54.6 Å². The van der Waals surface area contributed by atoms with Gasteiger partial charge >= 0.3 is 5.97 Å². The molecule has 1 aromatic heterocycles. The molecule has 3 rings (SSSR count). The van der Waals surface area contributed by atoms with Crippen LogP contribution in [0.4, 0.5) is 0 Å². The van der Waals surface area contributed by atoms with E-state index in [9.17, 15) is 4.79 Å². The first-order valence-corrected chi connectivity index (χ1v) is 9.55. The van der Waals surface area contributed by atoms with Crippen LogP contribution < -0.4 is 0 Å². The van der Waals surface area contributed by atoms with Crippen LogP contribution in [0.3, 0.4) is 0 Å². The van der Waals surface area contributed by atoms with Crippen LogP contribution in [0.5, 0.6) is 0 Å². The van der Waals surface area contributed by atoms with Crippen LogP contribution in [0.25, 0.3) is 11.3 Å². The van der Waals surface area contributed by atoms with E-state index >= 15 is 0 Å². The van der Waals surface area contributed by atoms with Crippen LogP contribution in [-0.4, -0.2) is 21.4 Å². The van der Waals surface area contributed by atoms with Crippen molar-refractivity contribution in [1.29, 1.82) is 0 Å². The molecule has 0 aliphatic carbocycles. The maximum absolute atomic E-state index is 12.9. The lowest BCUT2D eigenvalue weighted by Crippen LogP contribution is -2.18. The minimum atomic E-state index is -0.486. The number of ether oxygens (including phenoxy) is 1. The van der Waals surface area contributed by atoms with E-state index in [0.29, 0.717) is 12.1 Å². The Labute approximate surface area is 167 Å². The van der Waals surface area contributed by atoms with Crippen LogP contribution in [0.1, 0.15) is 49.3 Å². The maximum atomic E-state index is 12.9. The Morgan fingerprint density at radius 1 is 1.07 bits per heavy atom. The smallest absolute Gasteiger partial charge is 0.361 e. The number of rotatable bonds is 5. The van der Waals surface area contributed by atoms with E-state index in [1.165, 1.54) is 0 Å². The van der Waals surface area contributed by atoms with Crippen molar-refractivity contribution in [1.82, 2.24) is 15.4 Å². The zero-order chi connectivity index (χ0) is 19.4. The third-order valence-corrected chi connectivity index (χ3v) is 4.61. The van der Waals surface area contributed by atoms with E-state index in [0.717, 1.165) is 15.6 Å². The van der Waals surface area contributed by atoms with Gasteiger partial charge in [0.15, 0.2) is 5.69 Å². The number of carbonyl (C=O) groups is 1. The van der Waals surface area contributed by atoms with Gasteiger partial charge in [0.1, 0.15) is 11.8 Å². The molecule has 140 valence electrons. The van der Waals surface area contributed by atoms with Crippen molar-refractivity contribution in [3.05, 3.63) is 70.3 Å². The van der Waals surface area contributed by atoms with Crippen molar-refractivity contribution in [2.24, 2.45) is 5.41 Å². The second kappa shape index (κ2) is 8.05. The lowest BCUT2D eigenvalue weighted by Gasteiger charge is -2.26. The molecule has 27 heavy (non-hydrogen) atoms. The second-order valence-electron chi connectivity index (χ2n) is 7.60. The minimum absolute atomic E-state index is 0.00982. The third-order valence-electron chi connectivity index (χ3n) is 4.08. The average Bonchev–Trinajstić information content (AvgIpc) is 3.11. The predicted octanol–water partition coefficient (Wildman–Crippen LogP) is 5.57. The summed E-state index contributed by atoms with van der Waals surface area (Å²) in [5.41, 5.74) is 2.44. The Kier molecular flexibility index (Phi) is 5.75. The predicted molar refractivity (Wildman–Crippen MR) is 108 cm³/mol. The molecule has 0 aliphatic rings. The van der Waals surface area contributed by atoms with Crippen molar-refractivity contribution in [3.63, 3.8) is 0 Å². The summed E-state index contributed by atoms with van der Waals surface area (Å²) in [5.74, 6) is -0.486. The number of esters is 1. The molecule has 0 bridgehead atoms. The Morgan fingerprint density at radius 3 is 2.37 bits per heavy atom. The van der Waals surface area contributed by atoms with E-state index in [2.05, 4.69) is 52.1 Å². The number of aromatic nitrogens is 3. The zero-order valence-electron chi connectivity index (χ0n) is 15.6. The van der Waals surface area contributed by atoms with E-state index in [-0.39, 0.29) is 17.2 Å². The number of carbonyl (C=O) groups excluding carboxylic acids is 1. The molecule has 0 fully saturated rings. The summed E-state index contributed by atoms with van der Waals surface area (Å²) in [6.07, 6.45) is 0.324. The van der Waals surface area contributed by atoms with E-state index < -0.39 is 5.97 Å². The highest BCUT2D eigenvalue weighted by atomic mass is 79.9. The lowest BCUT2D eigenvalue weighted by atomic mass is 9.87. The molecule has 1 heterocycles. The SMILES string of the molecule is CC(C)(C)CC(OC(=O)c1n[nH]nc1-c1ccccc1)c1ccc(Br)cc1. The van der Waals surface area contributed by atoms with Gasteiger partial charge < -0.3 is 4.74 Å². The lowest BCUT2D eigenvalue weighted by molar-refractivity contribution is 0.0189. The summed E-state index contributed by atoms with van der Waals surface area (Å²) >= 11 is 3.44. The minimum Gasteiger partial charge on any atom is -0.453 e. The number of aromatic amines is 1. The molecule has 1 unspecified atom stereocenters. The summed E-state index contributed by atoms with van der Waals surface area (Å²) < 4.78 is 6.86. The van der Waals surface area contributed by atoms with Crippen molar-refractivity contribution < 1.29 is 9.53 Å². The average molecular weight is 428 g/mol. The van der Waals surface area contributed by atoms with Gasteiger partial charge in [-0.25, -0.2) is 4.79 Å². The second-order valence-corrected chi connectivity index (χ2v) is 8.51. The monoisotopic (exact) mass is 427 g/mol. The summed E-state index contributed by atoms with van der Waals surface area (Å²) in [6.45, 7) is 6.37. The van der Waals surface area contributed by atoms with Gasteiger partial charge in [0, 0.05) is 10.0 Å². The largest absolute Gasteiger partial charge is 0.453 e. The molecular weight excluding hydrogens is 406 g/mol. The van der Waals surface area contributed by atoms with Crippen molar-refractivity contribution in [3.8, 4) is 11.3 Å². The summed E-state index contributed by atoms with van der Waals surface area (Å²) in [5, 5.41) is 10.7. The van der Waals surface area contributed by atoms with Gasteiger partial charge in [0.25, 0.3) is 0 Å². The molecule has 3 aromatic rings. The fourth-order valence-electron chi connectivity index (χ4n) is 2.82. The molecule has 6 heteroatoms.